The van der Waals surface area contributed by atoms with Gasteiger partial charge >= 0.3 is 0 Å². The SMILES string of the molecule is CC(C)(C)C(=O)NC1CCOC1c1ccn[nH]1. The Morgan fingerprint density at radius 1 is 1.59 bits per heavy atom. The maximum atomic E-state index is 11.9. The van der Waals surface area contributed by atoms with Gasteiger partial charge in [-0.15, -0.1) is 0 Å². The van der Waals surface area contributed by atoms with Crippen LogP contribution in [0.2, 0.25) is 0 Å². The summed E-state index contributed by atoms with van der Waals surface area (Å²) < 4.78 is 5.64. The number of aromatic amines is 1. The van der Waals surface area contributed by atoms with Crippen molar-refractivity contribution in [2.75, 3.05) is 6.61 Å². The van der Waals surface area contributed by atoms with Gasteiger partial charge in [-0.2, -0.15) is 5.10 Å². The van der Waals surface area contributed by atoms with Gasteiger partial charge in [0.2, 0.25) is 5.91 Å². The maximum absolute atomic E-state index is 11.9. The normalized spacial score (nSPS) is 24.9. The van der Waals surface area contributed by atoms with E-state index in [4.69, 9.17) is 4.74 Å². The molecule has 0 aliphatic carbocycles. The zero-order valence-electron chi connectivity index (χ0n) is 10.5. The molecule has 1 aromatic heterocycles. The van der Waals surface area contributed by atoms with Crippen molar-refractivity contribution in [1.82, 2.24) is 15.5 Å². The van der Waals surface area contributed by atoms with Crippen LogP contribution in [0.5, 0.6) is 0 Å². The Bertz CT molecular complexity index is 381. The van der Waals surface area contributed by atoms with Crippen molar-refractivity contribution in [1.29, 1.82) is 0 Å². The Morgan fingerprint density at radius 3 is 2.94 bits per heavy atom. The second-order valence-electron chi connectivity index (χ2n) is 5.42. The molecule has 94 valence electrons. The molecule has 0 aromatic carbocycles. The Balaban J connectivity index is 2.04. The van der Waals surface area contributed by atoms with E-state index in [0.29, 0.717) is 6.61 Å². The summed E-state index contributed by atoms with van der Waals surface area (Å²) in [6, 6.07) is 1.91. The monoisotopic (exact) mass is 237 g/mol. The second-order valence-corrected chi connectivity index (χ2v) is 5.42. The predicted molar refractivity (Wildman–Crippen MR) is 63.3 cm³/mol. The predicted octanol–water partition coefficient (Wildman–Crippen LogP) is 1.40. The summed E-state index contributed by atoms with van der Waals surface area (Å²) in [6.07, 6.45) is 2.43. The number of hydrogen-bond acceptors (Lipinski definition) is 3. The average molecular weight is 237 g/mol. The molecule has 1 aliphatic heterocycles. The summed E-state index contributed by atoms with van der Waals surface area (Å²) in [7, 11) is 0. The molecule has 1 amide bonds. The van der Waals surface area contributed by atoms with Gasteiger partial charge in [0.25, 0.3) is 0 Å². The quantitative estimate of drug-likeness (QED) is 0.817. The lowest BCUT2D eigenvalue weighted by molar-refractivity contribution is -0.129. The van der Waals surface area contributed by atoms with Crippen LogP contribution in [-0.4, -0.2) is 28.8 Å². The van der Waals surface area contributed by atoms with E-state index in [9.17, 15) is 4.79 Å². The number of carbonyl (C=O) groups is 1. The van der Waals surface area contributed by atoms with E-state index in [1.807, 2.05) is 26.8 Å². The highest BCUT2D eigenvalue weighted by atomic mass is 16.5. The highest BCUT2D eigenvalue weighted by Crippen LogP contribution is 2.28. The molecule has 2 rings (SSSR count). The fourth-order valence-electron chi connectivity index (χ4n) is 1.85. The maximum Gasteiger partial charge on any atom is 0.225 e. The van der Waals surface area contributed by atoms with Gasteiger partial charge in [0, 0.05) is 18.2 Å². The van der Waals surface area contributed by atoms with E-state index in [1.165, 1.54) is 0 Å². The van der Waals surface area contributed by atoms with Crippen molar-refractivity contribution >= 4 is 5.91 Å². The van der Waals surface area contributed by atoms with Crippen LogP contribution in [0.15, 0.2) is 12.3 Å². The lowest BCUT2D eigenvalue weighted by Gasteiger charge is -2.24. The van der Waals surface area contributed by atoms with Gasteiger partial charge in [-0.05, 0) is 12.5 Å². The van der Waals surface area contributed by atoms with E-state index < -0.39 is 0 Å². The summed E-state index contributed by atoms with van der Waals surface area (Å²) in [5, 5.41) is 9.85. The van der Waals surface area contributed by atoms with Crippen LogP contribution in [0.4, 0.5) is 0 Å². The largest absolute Gasteiger partial charge is 0.370 e. The molecule has 2 atom stereocenters. The highest BCUT2D eigenvalue weighted by Gasteiger charge is 2.34. The minimum atomic E-state index is -0.374. The lowest BCUT2D eigenvalue weighted by atomic mass is 9.94. The number of aromatic nitrogens is 2. The molecule has 1 fully saturated rings. The molecule has 1 saturated heterocycles. The Hall–Kier alpha value is -1.36. The summed E-state index contributed by atoms with van der Waals surface area (Å²) in [5.74, 6) is 0.0533. The average Bonchev–Trinajstić information content (AvgIpc) is 2.83. The first-order valence-electron chi connectivity index (χ1n) is 5.90. The number of H-pyrrole nitrogens is 1. The van der Waals surface area contributed by atoms with Crippen molar-refractivity contribution in [3.05, 3.63) is 18.0 Å². The molecular formula is C12H19N3O2. The number of amides is 1. The molecule has 1 aromatic rings. The van der Waals surface area contributed by atoms with Crippen LogP contribution in [0, 0.1) is 5.41 Å². The first-order valence-corrected chi connectivity index (χ1v) is 5.90. The molecule has 5 nitrogen and oxygen atoms in total. The second kappa shape index (κ2) is 4.49. The molecule has 5 heteroatoms. The molecular weight excluding hydrogens is 218 g/mol. The minimum Gasteiger partial charge on any atom is -0.370 e. The topological polar surface area (TPSA) is 67.0 Å². The van der Waals surface area contributed by atoms with Gasteiger partial charge in [0.1, 0.15) is 6.10 Å². The van der Waals surface area contributed by atoms with Crippen LogP contribution in [-0.2, 0) is 9.53 Å². The van der Waals surface area contributed by atoms with Crippen molar-refractivity contribution in [2.24, 2.45) is 5.41 Å². The summed E-state index contributed by atoms with van der Waals surface area (Å²) in [6.45, 7) is 6.38. The van der Waals surface area contributed by atoms with E-state index >= 15 is 0 Å². The molecule has 0 spiro atoms. The number of nitrogens with zero attached hydrogens (tertiary/aromatic N) is 1. The summed E-state index contributed by atoms with van der Waals surface area (Å²) >= 11 is 0. The number of carbonyl (C=O) groups excluding carboxylic acids is 1. The zero-order chi connectivity index (χ0) is 12.5. The Kier molecular flexibility index (Phi) is 3.19. The molecule has 0 bridgehead atoms. The van der Waals surface area contributed by atoms with Crippen LogP contribution >= 0.6 is 0 Å². The highest BCUT2D eigenvalue weighted by molar-refractivity contribution is 5.81. The number of nitrogens with one attached hydrogen (secondary N) is 2. The summed E-state index contributed by atoms with van der Waals surface area (Å²) in [4.78, 5) is 11.9. The van der Waals surface area contributed by atoms with Gasteiger partial charge < -0.3 is 10.1 Å². The molecule has 0 saturated carbocycles. The van der Waals surface area contributed by atoms with Crippen molar-refractivity contribution < 1.29 is 9.53 Å². The fourth-order valence-corrected chi connectivity index (χ4v) is 1.85. The molecule has 2 N–H and O–H groups in total. The standard InChI is InChI=1S/C12H19N3O2/c1-12(2,3)11(16)14-8-5-7-17-10(8)9-4-6-13-15-9/h4,6,8,10H,5,7H2,1-3H3,(H,13,15)(H,14,16). The molecule has 0 radical (unpaired) electrons. The van der Waals surface area contributed by atoms with Crippen LogP contribution in [0.25, 0.3) is 0 Å². The lowest BCUT2D eigenvalue weighted by Crippen LogP contribution is -2.43. The fraction of sp³-hybridized carbons (Fsp3) is 0.667. The molecule has 1 aliphatic rings. The Morgan fingerprint density at radius 2 is 2.35 bits per heavy atom. The van der Waals surface area contributed by atoms with Gasteiger partial charge in [-0.3, -0.25) is 9.89 Å². The van der Waals surface area contributed by atoms with Gasteiger partial charge in [0.05, 0.1) is 11.7 Å². The van der Waals surface area contributed by atoms with Crippen LogP contribution < -0.4 is 5.32 Å². The number of rotatable bonds is 2. The number of hydrogen-bond donors (Lipinski definition) is 2. The molecule has 17 heavy (non-hydrogen) atoms. The van der Waals surface area contributed by atoms with Gasteiger partial charge in [-0.1, -0.05) is 20.8 Å². The van der Waals surface area contributed by atoms with Crippen molar-refractivity contribution in [3.8, 4) is 0 Å². The smallest absolute Gasteiger partial charge is 0.225 e. The van der Waals surface area contributed by atoms with Crippen LogP contribution in [0.3, 0.4) is 0 Å². The minimum absolute atomic E-state index is 0.0298. The first-order chi connectivity index (χ1) is 7.98. The van der Waals surface area contributed by atoms with Crippen LogP contribution in [0.1, 0.15) is 39.0 Å². The number of ether oxygens (including phenoxy) is 1. The third-order valence-corrected chi connectivity index (χ3v) is 2.92. The van der Waals surface area contributed by atoms with E-state index in [1.54, 1.807) is 6.20 Å². The van der Waals surface area contributed by atoms with Crippen molar-refractivity contribution in [2.45, 2.75) is 39.3 Å². The van der Waals surface area contributed by atoms with Gasteiger partial charge in [-0.25, -0.2) is 0 Å². The van der Waals surface area contributed by atoms with E-state index in [0.717, 1.165) is 12.1 Å². The zero-order valence-corrected chi connectivity index (χ0v) is 10.5. The van der Waals surface area contributed by atoms with E-state index in [-0.39, 0.29) is 23.5 Å². The third kappa shape index (κ3) is 2.66. The van der Waals surface area contributed by atoms with Gasteiger partial charge in [0.15, 0.2) is 0 Å². The van der Waals surface area contributed by atoms with E-state index in [2.05, 4.69) is 15.5 Å². The van der Waals surface area contributed by atoms with Crippen molar-refractivity contribution in [3.63, 3.8) is 0 Å². The first kappa shape index (κ1) is 12.1. The summed E-state index contributed by atoms with van der Waals surface area (Å²) in [5.41, 5.74) is 0.544. The third-order valence-electron chi connectivity index (χ3n) is 2.92. The molecule has 2 heterocycles. The molecule has 2 unspecified atom stereocenters. The Labute approximate surface area is 101 Å².